The Morgan fingerprint density at radius 3 is 1.98 bits per heavy atom. The summed E-state index contributed by atoms with van der Waals surface area (Å²) in [7, 11) is 0. The van der Waals surface area contributed by atoms with Crippen LogP contribution >= 0.6 is 31.9 Å². The van der Waals surface area contributed by atoms with E-state index in [1.807, 2.05) is 0 Å². The van der Waals surface area contributed by atoms with Gasteiger partial charge in [0.25, 0.3) is 0 Å². The summed E-state index contributed by atoms with van der Waals surface area (Å²) < 4.78 is 50.2. The Hall–Kier alpha value is -2.43. The van der Waals surface area contributed by atoms with Crippen LogP contribution in [-0.2, 0) is 38.0 Å². The van der Waals surface area contributed by atoms with Crippen LogP contribution < -0.4 is 54.8 Å². The van der Waals surface area contributed by atoms with Gasteiger partial charge in [0, 0.05) is 32.1 Å². The number of aromatic amines is 1. The molecule has 19 nitrogen and oxygen atoms in total. The number of alkyl carbamates (subject to hydrolysis) is 2. The fourth-order valence-corrected chi connectivity index (χ4v) is 8.25. The van der Waals surface area contributed by atoms with Crippen LogP contribution in [0, 0.1) is 29.6 Å². The number of aliphatic hydroxyl groups excluding tert-OH is 3. The van der Waals surface area contributed by atoms with Crippen LogP contribution in [-0.4, -0.2) is 155 Å². The number of aliphatic hydroxyl groups is 3. The molecular weight excluding hydrogens is 937 g/mol. The third-order valence-corrected chi connectivity index (χ3v) is 11.1. The van der Waals surface area contributed by atoms with Crippen molar-refractivity contribution < 1.29 is 107 Å². The Morgan fingerprint density at radius 1 is 0.800 bits per heavy atom. The molecule has 328 valence electrons. The van der Waals surface area contributed by atoms with Crippen molar-refractivity contribution in [2.24, 2.45) is 17.8 Å². The SMILES string of the molecule is O=C(NCCOCCOCCNC(=O)OCC1[C@H]2CCC#CCC[C@@H]12)OCCOCCOCCOc1c(Br)cc2[nH]cc(O[C@@H]3O[C@H](C(=O)[O-])[C@@H](O)[C@H](O)[C@H]3O)c2c1Br.[Na+]. The first-order valence-electron chi connectivity index (χ1n) is 19.3. The van der Waals surface area contributed by atoms with Crippen molar-refractivity contribution in [2.45, 2.75) is 56.4 Å². The number of rotatable bonds is 24. The third-order valence-electron chi connectivity index (χ3n) is 9.78. The molecule has 0 spiro atoms. The molecular formula is C38H50Br2N3NaO16. The number of aromatic nitrogens is 1. The van der Waals surface area contributed by atoms with Crippen LogP contribution in [0.2, 0.25) is 0 Å². The number of halogens is 2. The number of carbonyl (C=O) groups excluding carboxylic acids is 3. The molecule has 2 aliphatic carbocycles. The van der Waals surface area contributed by atoms with Gasteiger partial charge >= 0.3 is 41.7 Å². The number of H-pyrrole nitrogens is 1. The monoisotopic (exact) mass is 985 g/mol. The number of fused-ring (bicyclic) bond motifs is 2. The van der Waals surface area contributed by atoms with E-state index < -0.39 is 48.9 Å². The van der Waals surface area contributed by atoms with Gasteiger partial charge in [-0.3, -0.25) is 0 Å². The summed E-state index contributed by atoms with van der Waals surface area (Å²) in [6, 6.07) is 1.72. The van der Waals surface area contributed by atoms with Crippen LogP contribution in [0.5, 0.6) is 11.5 Å². The third kappa shape index (κ3) is 15.1. The van der Waals surface area contributed by atoms with Crippen molar-refractivity contribution >= 4 is 60.9 Å². The predicted molar refractivity (Wildman–Crippen MR) is 210 cm³/mol. The molecule has 6 N–H and O–H groups in total. The number of carbonyl (C=O) groups is 3. The molecule has 2 heterocycles. The average molecular weight is 988 g/mol. The molecule has 5 rings (SSSR count). The zero-order valence-corrected chi connectivity index (χ0v) is 38.4. The van der Waals surface area contributed by atoms with Crippen molar-refractivity contribution in [3.05, 3.63) is 21.2 Å². The van der Waals surface area contributed by atoms with E-state index in [-0.39, 0.29) is 88.1 Å². The zero-order chi connectivity index (χ0) is 42.1. The topological polar surface area (TPSA) is 258 Å². The van der Waals surface area contributed by atoms with Gasteiger partial charge in [0.2, 0.25) is 6.29 Å². The maximum atomic E-state index is 12.0. The van der Waals surface area contributed by atoms with E-state index in [4.69, 9.17) is 42.6 Å². The zero-order valence-electron chi connectivity index (χ0n) is 33.2. The van der Waals surface area contributed by atoms with Crippen LogP contribution in [0.3, 0.4) is 0 Å². The molecule has 1 saturated heterocycles. The van der Waals surface area contributed by atoms with Gasteiger partial charge in [-0.2, -0.15) is 0 Å². The summed E-state index contributed by atoms with van der Waals surface area (Å²) in [6.07, 6.45) is -4.62. The molecule has 1 aliphatic heterocycles. The fourth-order valence-electron chi connectivity index (χ4n) is 6.71. The van der Waals surface area contributed by atoms with E-state index in [2.05, 4.69) is 59.3 Å². The van der Waals surface area contributed by atoms with Crippen molar-refractivity contribution in [1.82, 2.24) is 15.6 Å². The first-order valence-corrected chi connectivity index (χ1v) is 20.9. The summed E-state index contributed by atoms with van der Waals surface area (Å²) in [5.74, 6) is 6.84. The molecule has 8 atom stereocenters. The molecule has 2 aromatic rings. The second-order valence-corrected chi connectivity index (χ2v) is 15.4. The van der Waals surface area contributed by atoms with E-state index in [1.54, 1.807) is 6.07 Å². The van der Waals surface area contributed by atoms with E-state index in [1.165, 1.54) is 6.20 Å². The standard InChI is InChI=1S/C38H51Br2N3O16.Na/c39-25-19-26-28(27(20-43-26)58-36-32(46)30(44)31(45)34(59-36)35(47)48)29(40)33(25)55-17-15-53-13-14-54-16-18-56-37(49)41-7-9-51-11-12-52-10-8-42-38(50)57-21-24-22-5-3-1-2-4-6-23(22)24;/h19-20,22-24,30-32,34,36,43-46H,3-18,21H2,(H,41,49)(H,42,50)(H,47,48);/q;+1/p-1/t22-,23+,24?,30-,31-,32+,34-,36+;/m0./s1. The van der Waals surface area contributed by atoms with E-state index >= 15 is 0 Å². The fraction of sp³-hybridized carbons (Fsp3) is 0.658. The number of nitrogens with one attached hydrogen (secondary N) is 3. The first-order chi connectivity index (χ1) is 28.6. The maximum Gasteiger partial charge on any atom is 1.00 e. The van der Waals surface area contributed by atoms with Gasteiger partial charge in [-0.25, -0.2) is 9.59 Å². The maximum absolute atomic E-state index is 12.0. The van der Waals surface area contributed by atoms with Crippen molar-refractivity contribution in [3.8, 4) is 23.3 Å². The minimum Gasteiger partial charge on any atom is -0.547 e. The minimum absolute atomic E-state index is 0. The predicted octanol–water partition coefficient (Wildman–Crippen LogP) is -2.03. The molecule has 3 aliphatic rings. The molecule has 0 bridgehead atoms. The van der Waals surface area contributed by atoms with E-state index in [0.29, 0.717) is 76.3 Å². The molecule has 22 heteroatoms. The Balaban J connectivity index is 0.00000794. The van der Waals surface area contributed by atoms with Crippen molar-refractivity contribution in [1.29, 1.82) is 0 Å². The van der Waals surface area contributed by atoms with Crippen molar-refractivity contribution in [2.75, 3.05) is 85.8 Å². The van der Waals surface area contributed by atoms with Crippen LogP contribution in [0.25, 0.3) is 10.9 Å². The van der Waals surface area contributed by atoms with Gasteiger partial charge in [-0.15, -0.1) is 11.8 Å². The van der Waals surface area contributed by atoms with Crippen LogP contribution in [0.1, 0.15) is 25.7 Å². The first kappa shape index (κ1) is 50.2. The number of amides is 2. The van der Waals surface area contributed by atoms with Gasteiger partial charge in [0.1, 0.15) is 49.1 Å². The smallest absolute Gasteiger partial charge is 0.547 e. The van der Waals surface area contributed by atoms with Gasteiger partial charge in [-0.1, -0.05) is 0 Å². The molecule has 0 radical (unpaired) electrons. The molecule has 1 saturated carbocycles. The normalized spacial score (nSPS) is 24.4. The molecule has 60 heavy (non-hydrogen) atoms. The average Bonchev–Trinajstić information content (AvgIpc) is 3.67. The summed E-state index contributed by atoms with van der Waals surface area (Å²) >= 11 is 6.96. The van der Waals surface area contributed by atoms with E-state index in [0.717, 1.165) is 25.7 Å². The number of benzene rings is 1. The number of hydrogen-bond acceptors (Lipinski definition) is 16. The molecule has 2 amide bonds. The van der Waals surface area contributed by atoms with Gasteiger partial charge in [0.05, 0.1) is 85.3 Å². The quantitative estimate of drug-likeness (QED) is 0.0377. The number of carboxylic acid groups (broad SMARTS) is 1. The van der Waals surface area contributed by atoms with Gasteiger partial charge in [0.15, 0.2) is 0 Å². The Morgan fingerprint density at radius 2 is 1.37 bits per heavy atom. The minimum atomic E-state index is -1.92. The van der Waals surface area contributed by atoms with Crippen molar-refractivity contribution in [3.63, 3.8) is 0 Å². The summed E-state index contributed by atoms with van der Waals surface area (Å²) in [6.45, 7) is 3.38. The summed E-state index contributed by atoms with van der Waals surface area (Å²) in [5, 5.41) is 47.5. The summed E-state index contributed by atoms with van der Waals surface area (Å²) in [4.78, 5) is 38.2. The van der Waals surface area contributed by atoms with Crippen LogP contribution in [0.4, 0.5) is 9.59 Å². The Labute approximate surface area is 385 Å². The van der Waals surface area contributed by atoms with E-state index in [9.17, 15) is 34.8 Å². The Kier molecular flexibility index (Phi) is 22.0. The molecule has 1 aromatic heterocycles. The molecule has 1 aromatic carbocycles. The number of carboxylic acids is 1. The van der Waals surface area contributed by atoms with Crippen LogP contribution in [0.15, 0.2) is 21.2 Å². The molecule has 1 unspecified atom stereocenters. The van der Waals surface area contributed by atoms with Gasteiger partial charge in [-0.05, 0) is 68.5 Å². The van der Waals surface area contributed by atoms with Gasteiger partial charge < -0.3 is 83.5 Å². The Bertz CT molecular complexity index is 1730. The number of hydrogen-bond donors (Lipinski definition) is 6. The molecule has 2 fully saturated rings. The second-order valence-electron chi connectivity index (χ2n) is 13.7. The second kappa shape index (κ2) is 26.3. The number of ether oxygens (including phenoxy) is 9. The summed E-state index contributed by atoms with van der Waals surface area (Å²) in [5.41, 5.74) is 0.583. The number of aliphatic carboxylic acids is 1. The largest absolute Gasteiger partial charge is 1.00 e.